The van der Waals surface area contributed by atoms with Crippen molar-refractivity contribution in [1.82, 2.24) is 20.3 Å². The monoisotopic (exact) mass is 567 g/mol. The summed E-state index contributed by atoms with van der Waals surface area (Å²) in [4.78, 5) is 40.2. The van der Waals surface area contributed by atoms with Gasteiger partial charge in [-0.25, -0.2) is 19.7 Å². The van der Waals surface area contributed by atoms with Crippen LogP contribution in [0.1, 0.15) is 18.4 Å². The highest BCUT2D eigenvalue weighted by Crippen LogP contribution is 2.30. The Bertz CT molecular complexity index is 1570. The van der Waals surface area contributed by atoms with Crippen LogP contribution >= 0.6 is 0 Å². The van der Waals surface area contributed by atoms with Gasteiger partial charge in [0.2, 0.25) is 5.91 Å². The number of morpholine rings is 1. The summed E-state index contributed by atoms with van der Waals surface area (Å²) in [6.45, 7) is 4.78. The quantitative estimate of drug-likeness (QED) is 0.189. The Morgan fingerprint density at radius 3 is 2.38 bits per heavy atom. The average molecular weight is 568 g/mol. The third kappa shape index (κ3) is 6.85. The molecular formula is C30H33N9O3. The number of urea groups is 1. The molecule has 4 aromatic rings. The lowest BCUT2D eigenvalue weighted by Crippen LogP contribution is -2.37. The first-order chi connectivity index (χ1) is 20.4. The summed E-state index contributed by atoms with van der Waals surface area (Å²) in [6, 6.07) is 15.9. The van der Waals surface area contributed by atoms with Crippen LogP contribution < -0.4 is 26.2 Å². The molecule has 1 saturated heterocycles. The molecule has 0 spiro atoms. The number of anilines is 4. The Labute approximate surface area is 243 Å². The molecule has 1 fully saturated rings. The molecule has 1 aliphatic rings. The second-order valence-electron chi connectivity index (χ2n) is 9.85. The highest BCUT2D eigenvalue weighted by atomic mass is 16.5. The molecule has 0 bridgehead atoms. The number of pyridine rings is 1. The van der Waals surface area contributed by atoms with Gasteiger partial charge in [-0.05, 0) is 61.1 Å². The Kier molecular flexibility index (Phi) is 8.95. The fraction of sp³-hybridized carbons (Fsp3) is 0.267. The predicted octanol–water partition coefficient (Wildman–Crippen LogP) is 4.08. The van der Waals surface area contributed by atoms with E-state index < -0.39 is 6.03 Å². The van der Waals surface area contributed by atoms with Gasteiger partial charge in [-0.2, -0.15) is 0 Å². The van der Waals surface area contributed by atoms with E-state index in [1.807, 2.05) is 31.3 Å². The van der Waals surface area contributed by atoms with Crippen molar-refractivity contribution in [2.75, 3.05) is 60.7 Å². The molecule has 1 atom stereocenters. The Morgan fingerprint density at radius 1 is 1.00 bits per heavy atom. The maximum atomic E-state index is 12.5. The predicted molar refractivity (Wildman–Crippen MR) is 165 cm³/mol. The minimum absolute atomic E-state index is 0.0713. The highest BCUT2D eigenvalue weighted by molar-refractivity contribution is 5.99. The van der Waals surface area contributed by atoms with Gasteiger partial charge in [0.05, 0.1) is 18.7 Å². The second-order valence-corrected chi connectivity index (χ2v) is 9.85. The molecule has 0 aliphatic carbocycles. The van der Waals surface area contributed by atoms with Crippen LogP contribution in [0, 0.1) is 5.41 Å². The van der Waals surface area contributed by atoms with Gasteiger partial charge in [-0.15, -0.1) is 0 Å². The fourth-order valence-electron chi connectivity index (χ4n) is 4.72. The second kappa shape index (κ2) is 13.1. The maximum Gasteiger partial charge on any atom is 0.324 e. The average Bonchev–Trinajstić information content (AvgIpc) is 3.00. The molecule has 5 N–H and O–H groups in total. The van der Waals surface area contributed by atoms with Crippen LogP contribution in [0.4, 0.5) is 27.8 Å². The van der Waals surface area contributed by atoms with Crippen molar-refractivity contribution >= 4 is 52.1 Å². The summed E-state index contributed by atoms with van der Waals surface area (Å²) < 4.78 is 5.56. The number of benzene rings is 2. The molecule has 3 heterocycles. The fourth-order valence-corrected chi connectivity index (χ4v) is 4.72. The van der Waals surface area contributed by atoms with E-state index in [4.69, 9.17) is 20.1 Å². The zero-order valence-electron chi connectivity index (χ0n) is 23.5. The van der Waals surface area contributed by atoms with Crippen LogP contribution in [-0.4, -0.2) is 73.0 Å². The molecule has 12 heteroatoms. The lowest BCUT2D eigenvalue weighted by atomic mass is 9.98. The standard InChI is InChI=1S/C30H33N9O3/c1-19(40)34-23-5-7-24(8-6-23)35-30(41)37-27-10-4-21(18-33-27)28-36-26-15-20(22(16-31)17-32-2)3-9-25(26)29(38-28)39-11-13-42-14-12-39/h3-10,15-16,18,22,31-32H,11-14,17H2,1-2H3,(H,34,40)(H2,33,35,37,41). The van der Waals surface area contributed by atoms with E-state index >= 15 is 0 Å². The molecule has 12 nitrogen and oxygen atoms in total. The third-order valence-electron chi connectivity index (χ3n) is 6.79. The smallest absolute Gasteiger partial charge is 0.324 e. The molecule has 1 aliphatic heterocycles. The largest absolute Gasteiger partial charge is 0.378 e. The summed E-state index contributed by atoms with van der Waals surface area (Å²) in [6.07, 6.45) is 3.07. The Balaban J connectivity index is 1.37. The van der Waals surface area contributed by atoms with Gasteiger partial charge in [0.1, 0.15) is 11.6 Å². The van der Waals surface area contributed by atoms with Crippen LogP contribution in [0.5, 0.6) is 0 Å². The number of amides is 3. The number of carbonyl (C=O) groups is 2. The van der Waals surface area contributed by atoms with Crippen molar-refractivity contribution in [3.8, 4) is 11.4 Å². The minimum Gasteiger partial charge on any atom is -0.378 e. The summed E-state index contributed by atoms with van der Waals surface area (Å²) >= 11 is 0. The van der Waals surface area contributed by atoms with Crippen LogP contribution in [0.2, 0.25) is 0 Å². The molecule has 5 rings (SSSR count). The lowest BCUT2D eigenvalue weighted by Gasteiger charge is -2.29. The molecule has 0 saturated carbocycles. The zero-order valence-corrected chi connectivity index (χ0v) is 23.5. The normalized spacial score (nSPS) is 13.8. The number of hydrogen-bond donors (Lipinski definition) is 5. The van der Waals surface area contributed by atoms with Crippen molar-refractivity contribution in [2.45, 2.75) is 12.8 Å². The van der Waals surface area contributed by atoms with E-state index in [0.717, 1.165) is 35.4 Å². The van der Waals surface area contributed by atoms with E-state index in [2.05, 4.69) is 31.2 Å². The maximum absolute atomic E-state index is 12.5. The number of hydrogen-bond acceptors (Lipinski definition) is 9. The molecule has 216 valence electrons. The number of ether oxygens (including phenoxy) is 1. The van der Waals surface area contributed by atoms with Crippen LogP contribution in [0.3, 0.4) is 0 Å². The number of rotatable bonds is 9. The molecule has 2 aromatic heterocycles. The molecule has 0 radical (unpaired) electrons. The van der Waals surface area contributed by atoms with Gasteiger partial charge >= 0.3 is 6.03 Å². The number of fused-ring (bicyclic) bond motifs is 1. The van der Waals surface area contributed by atoms with E-state index in [9.17, 15) is 9.59 Å². The third-order valence-corrected chi connectivity index (χ3v) is 6.79. The Morgan fingerprint density at radius 2 is 1.74 bits per heavy atom. The van der Waals surface area contributed by atoms with Crippen molar-refractivity contribution in [3.63, 3.8) is 0 Å². The Hall–Kier alpha value is -4.94. The number of nitrogens with zero attached hydrogens (tertiary/aromatic N) is 4. The first kappa shape index (κ1) is 28.6. The first-order valence-corrected chi connectivity index (χ1v) is 13.6. The van der Waals surface area contributed by atoms with E-state index in [0.29, 0.717) is 48.3 Å². The van der Waals surface area contributed by atoms with Crippen molar-refractivity contribution in [2.24, 2.45) is 0 Å². The zero-order chi connectivity index (χ0) is 29.5. The summed E-state index contributed by atoms with van der Waals surface area (Å²) in [5.41, 5.74) is 3.70. The minimum atomic E-state index is -0.450. The van der Waals surface area contributed by atoms with Gasteiger partial charge in [0.25, 0.3) is 0 Å². The number of carbonyl (C=O) groups excluding carboxylic acids is 2. The molecule has 2 aromatic carbocycles. The summed E-state index contributed by atoms with van der Waals surface area (Å²) in [7, 11) is 1.87. The van der Waals surface area contributed by atoms with Crippen molar-refractivity contribution in [3.05, 3.63) is 66.4 Å². The highest BCUT2D eigenvalue weighted by Gasteiger charge is 2.19. The SMILES string of the molecule is CNCC(C=N)c1ccc2c(N3CCOCC3)nc(-c3ccc(NC(=O)Nc4ccc(NC(C)=O)cc4)nc3)nc2c1. The van der Waals surface area contributed by atoms with Crippen LogP contribution in [0.25, 0.3) is 22.3 Å². The molecule has 3 amide bonds. The molecule has 42 heavy (non-hydrogen) atoms. The van der Waals surface area contributed by atoms with Gasteiger partial charge in [0.15, 0.2) is 5.82 Å². The summed E-state index contributed by atoms with van der Waals surface area (Å²) in [5.74, 6) is 1.47. The van der Waals surface area contributed by atoms with Crippen LogP contribution in [-0.2, 0) is 9.53 Å². The van der Waals surface area contributed by atoms with Gasteiger partial charge in [0, 0.05) is 67.2 Å². The van der Waals surface area contributed by atoms with Crippen molar-refractivity contribution in [1.29, 1.82) is 5.41 Å². The van der Waals surface area contributed by atoms with E-state index in [-0.39, 0.29) is 11.8 Å². The van der Waals surface area contributed by atoms with E-state index in [1.165, 1.54) is 13.1 Å². The number of aromatic nitrogens is 3. The van der Waals surface area contributed by atoms with E-state index in [1.54, 1.807) is 36.5 Å². The van der Waals surface area contributed by atoms with Crippen LogP contribution in [0.15, 0.2) is 60.8 Å². The molecule has 1 unspecified atom stereocenters. The number of nitrogens with one attached hydrogen (secondary N) is 5. The topological polar surface area (TPSA) is 157 Å². The van der Waals surface area contributed by atoms with Gasteiger partial charge in [-0.3, -0.25) is 10.1 Å². The van der Waals surface area contributed by atoms with Gasteiger partial charge < -0.3 is 31.0 Å². The van der Waals surface area contributed by atoms with Crippen molar-refractivity contribution < 1.29 is 14.3 Å². The summed E-state index contributed by atoms with van der Waals surface area (Å²) in [5, 5.41) is 20.1. The number of likely N-dealkylation sites (N-methyl/N-ethyl adjacent to an activating group) is 1. The molecular weight excluding hydrogens is 534 g/mol. The lowest BCUT2D eigenvalue weighted by molar-refractivity contribution is -0.114. The first-order valence-electron chi connectivity index (χ1n) is 13.6. The van der Waals surface area contributed by atoms with Gasteiger partial charge in [-0.1, -0.05) is 6.07 Å².